The lowest BCUT2D eigenvalue weighted by Crippen LogP contribution is -2.17. The van der Waals surface area contributed by atoms with Crippen molar-refractivity contribution < 1.29 is 4.79 Å². The van der Waals surface area contributed by atoms with Crippen LogP contribution in [-0.4, -0.2) is 41.3 Å². The Kier molecular flexibility index (Phi) is 3.15. The molecule has 3 aromatic rings. The van der Waals surface area contributed by atoms with Gasteiger partial charge in [0, 0.05) is 4.88 Å². The minimum absolute atomic E-state index is 0.221. The number of nitrogens with zero attached hydrogens (tertiary/aromatic N) is 6. The smallest absolute Gasteiger partial charge is 0.261 e. The van der Waals surface area contributed by atoms with E-state index in [4.69, 9.17) is 0 Å². The molecular weight excluding hydrogens is 304 g/mol. The number of aromatic nitrogens is 7. The number of fused-ring (bicyclic) bond motifs is 1. The van der Waals surface area contributed by atoms with E-state index in [0.29, 0.717) is 11.5 Å². The number of hydrogen-bond acceptors (Lipinski definition) is 7. The van der Waals surface area contributed by atoms with Gasteiger partial charge < -0.3 is 0 Å². The van der Waals surface area contributed by atoms with Gasteiger partial charge in [0.25, 0.3) is 5.91 Å². The summed E-state index contributed by atoms with van der Waals surface area (Å²) >= 11 is 1.57. The average Bonchev–Trinajstić information content (AvgIpc) is 3.26. The number of carbonyl (C=O) groups excluding carboxylic acids is 1. The van der Waals surface area contributed by atoms with Crippen molar-refractivity contribution in [1.82, 2.24) is 35.4 Å². The van der Waals surface area contributed by atoms with E-state index >= 15 is 0 Å². The van der Waals surface area contributed by atoms with E-state index in [9.17, 15) is 4.79 Å². The molecule has 3 heterocycles. The maximum absolute atomic E-state index is 12.7. The monoisotopic (exact) mass is 316 g/mol. The van der Waals surface area contributed by atoms with E-state index in [-0.39, 0.29) is 5.91 Å². The summed E-state index contributed by atoms with van der Waals surface area (Å²) in [5.74, 6) is 0.102. The van der Waals surface area contributed by atoms with Gasteiger partial charge in [-0.1, -0.05) is 0 Å². The van der Waals surface area contributed by atoms with Crippen LogP contribution < -0.4 is 5.32 Å². The molecule has 3 aromatic heterocycles. The molecule has 0 atom stereocenters. The third-order valence-electron chi connectivity index (χ3n) is 3.58. The fourth-order valence-electron chi connectivity index (χ4n) is 2.64. The number of aromatic amines is 1. The van der Waals surface area contributed by atoms with Gasteiger partial charge in [0.1, 0.15) is 17.7 Å². The number of aryl methyl sites for hydroxylation is 1. The minimum Gasteiger partial charge on any atom is -0.291 e. The number of amides is 1. The van der Waals surface area contributed by atoms with Crippen LogP contribution in [-0.2, 0) is 12.8 Å². The van der Waals surface area contributed by atoms with E-state index in [2.05, 4.69) is 36.0 Å². The molecule has 0 saturated heterocycles. The maximum Gasteiger partial charge on any atom is 0.261 e. The fourth-order valence-corrected chi connectivity index (χ4v) is 3.94. The van der Waals surface area contributed by atoms with Gasteiger partial charge in [-0.15, -0.1) is 16.4 Å². The van der Waals surface area contributed by atoms with Gasteiger partial charge in [-0.2, -0.15) is 14.8 Å². The fraction of sp³-hybridized carbons (Fsp3) is 0.333. The predicted octanol–water partition coefficient (Wildman–Crippen LogP) is 0.973. The quantitative estimate of drug-likeness (QED) is 0.744. The summed E-state index contributed by atoms with van der Waals surface area (Å²) in [5, 5.41) is 21.1. The van der Waals surface area contributed by atoms with Crippen molar-refractivity contribution >= 4 is 23.2 Å². The third kappa shape index (κ3) is 2.17. The molecule has 1 aliphatic rings. The zero-order valence-electron chi connectivity index (χ0n) is 11.5. The second-order valence-electron chi connectivity index (χ2n) is 4.93. The van der Waals surface area contributed by atoms with Crippen molar-refractivity contribution in [3.8, 4) is 5.00 Å². The van der Waals surface area contributed by atoms with E-state index in [0.717, 1.165) is 36.2 Å². The summed E-state index contributed by atoms with van der Waals surface area (Å²) in [6.45, 7) is 0. The van der Waals surface area contributed by atoms with Crippen LogP contribution in [0.4, 0.5) is 5.95 Å². The summed E-state index contributed by atoms with van der Waals surface area (Å²) in [6.07, 6.45) is 6.97. The summed E-state index contributed by atoms with van der Waals surface area (Å²) in [5.41, 5.74) is 1.72. The molecule has 1 aliphatic carbocycles. The Morgan fingerprint density at radius 3 is 3.05 bits per heavy atom. The molecule has 22 heavy (non-hydrogen) atoms. The van der Waals surface area contributed by atoms with Gasteiger partial charge in [-0.3, -0.25) is 10.1 Å². The van der Waals surface area contributed by atoms with E-state index in [1.807, 2.05) is 0 Å². The summed E-state index contributed by atoms with van der Waals surface area (Å²) in [7, 11) is 0. The molecule has 0 bridgehead atoms. The number of carbonyl (C=O) groups is 1. The first-order valence-electron chi connectivity index (χ1n) is 6.87. The SMILES string of the molecule is O=C(Nc1ncn[nH]1)c1c(-n2cnnn2)sc2c1CCCC2. The molecule has 1 amide bonds. The second kappa shape index (κ2) is 5.30. The Morgan fingerprint density at radius 2 is 2.27 bits per heavy atom. The van der Waals surface area contributed by atoms with Crippen molar-refractivity contribution in [3.05, 3.63) is 28.7 Å². The number of H-pyrrole nitrogens is 1. The van der Waals surface area contributed by atoms with Crippen molar-refractivity contribution in [2.45, 2.75) is 25.7 Å². The number of thiophene rings is 1. The van der Waals surface area contributed by atoms with E-state index < -0.39 is 0 Å². The Bertz CT molecular complexity index is 792. The van der Waals surface area contributed by atoms with Crippen molar-refractivity contribution in [3.63, 3.8) is 0 Å². The molecule has 112 valence electrons. The van der Waals surface area contributed by atoms with Gasteiger partial charge >= 0.3 is 0 Å². The maximum atomic E-state index is 12.7. The highest BCUT2D eigenvalue weighted by Gasteiger charge is 2.27. The zero-order chi connectivity index (χ0) is 14.9. The molecule has 0 aliphatic heterocycles. The Hall–Kier alpha value is -2.62. The molecule has 0 saturated carbocycles. The van der Waals surface area contributed by atoms with Gasteiger partial charge in [-0.05, 0) is 41.7 Å². The molecule has 4 rings (SSSR count). The number of hydrogen-bond donors (Lipinski definition) is 2. The van der Waals surface area contributed by atoms with Crippen LogP contribution in [0.2, 0.25) is 0 Å². The van der Waals surface area contributed by atoms with Crippen LogP contribution in [0.1, 0.15) is 33.6 Å². The Balaban J connectivity index is 1.79. The van der Waals surface area contributed by atoms with Crippen molar-refractivity contribution in [1.29, 1.82) is 0 Å². The molecule has 2 N–H and O–H groups in total. The predicted molar refractivity (Wildman–Crippen MR) is 78.0 cm³/mol. The average molecular weight is 316 g/mol. The lowest BCUT2D eigenvalue weighted by Gasteiger charge is -2.12. The van der Waals surface area contributed by atoms with E-state index in [1.165, 1.54) is 22.2 Å². The standard InChI is InChI=1S/C12H12N8OS/c21-10(16-12-13-5-14-17-12)9-7-3-1-2-4-8(7)22-11(9)20-6-15-18-19-20/h5-6H,1-4H2,(H2,13,14,16,17,21). The number of anilines is 1. The molecule has 10 heteroatoms. The third-order valence-corrected chi connectivity index (χ3v) is 4.87. The highest BCUT2D eigenvalue weighted by molar-refractivity contribution is 7.15. The first-order valence-corrected chi connectivity index (χ1v) is 7.69. The normalized spacial score (nSPS) is 13.8. The van der Waals surface area contributed by atoms with Gasteiger partial charge in [0.2, 0.25) is 5.95 Å². The highest BCUT2D eigenvalue weighted by atomic mass is 32.1. The molecule has 0 radical (unpaired) electrons. The second-order valence-corrected chi connectivity index (χ2v) is 6.02. The van der Waals surface area contributed by atoms with Crippen LogP contribution in [0.25, 0.3) is 5.00 Å². The Labute approximate surface area is 128 Å². The molecule has 9 nitrogen and oxygen atoms in total. The summed E-state index contributed by atoms with van der Waals surface area (Å²) in [4.78, 5) is 17.9. The van der Waals surface area contributed by atoms with Crippen LogP contribution in [0.5, 0.6) is 0 Å². The highest BCUT2D eigenvalue weighted by Crippen LogP contribution is 2.36. The number of rotatable bonds is 3. The molecule has 0 spiro atoms. The lowest BCUT2D eigenvalue weighted by molar-refractivity contribution is 0.102. The minimum atomic E-state index is -0.221. The first kappa shape index (κ1) is 13.1. The van der Waals surface area contributed by atoms with Crippen LogP contribution >= 0.6 is 11.3 Å². The van der Waals surface area contributed by atoms with Crippen LogP contribution in [0.15, 0.2) is 12.7 Å². The molecular formula is C12H12N8OS. The summed E-state index contributed by atoms with van der Waals surface area (Å²) < 4.78 is 1.54. The number of nitrogens with one attached hydrogen (secondary N) is 2. The summed E-state index contributed by atoms with van der Waals surface area (Å²) in [6, 6.07) is 0. The first-order chi connectivity index (χ1) is 10.8. The lowest BCUT2D eigenvalue weighted by atomic mass is 9.95. The van der Waals surface area contributed by atoms with Crippen molar-refractivity contribution in [2.24, 2.45) is 0 Å². The largest absolute Gasteiger partial charge is 0.291 e. The molecule has 0 unspecified atom stereocenters. The van der Waals surface area contributed by atoms with Gasteiger partial charge in [-0.25, -0.2) is 5.10 Å². The van der Waals surface area contributed by atoms with Gasteiger partial charge in [0.15, 0.2) is 0 Å². The molecule has 0 fully saturated rings. The zero-order valence-corrected chi connectivity index (χ0v) is 12.3. The van der Waals surface area contributed by atoms with E-state index in [1.54, 1.807) is 11.3 Å². The topological polar surface area (TPSA) is 114 Å². The Morgan fingerprint density at radius 1 is 1.36 bits per heavy atom. The van der Waals surface area contributed by atoms with Gasteiger partial charge in [0.05, 0.1) is 5.56 Å². The van der Waals surface area contributed by atoms with Crippen LogP contribution in [0.3, 0.4) is 0 Å². The molecule has 0 aromatic carbocycles. The number of tetrazole rings is 1. The van der Waals surface area contributed by atoms with Crippen LogP contribution in [0, 0.1) is 0 Å². The van der Waals surface area contributed by atoms with Crippen molar-refractivity contribution in [2.75, 3.05) is 5.32 Å².